The summed E-state index contributed by atoms with van der Waals surface area (Å²) in [4.78, 5) is 16.4. The van der Waals surface area contributed by atoms with E-state index in [4.69, 9.17) is 0 Å². The zero-order chi connectivity index (χ0) is 23.6. The van der Waals surface area contributed by atoms with Gasteiger partial charge in [0.15, 0.2) is 0 Å². The molecular weight excluding hydrogens is 404 g/mol. The highest BCUT2D eigenvalue weighted by molar-refractivity contribution is 5.84. The van der Waals surface area contributed by atoms with E-state index in [0.717, 1.165) is 37.9 Å². The number of likely N-dealkylation sites (tertiary alicyclic amines) is 1. The number of nitrogens with one attached hydrogen (secondary N) is 1. The number of rotatable bonds is 6. The summed E-state index contributed by atoms with van der Waals surface area (Å²) in [6.07, 6.45) is 5.55. The fourth-order valence-corrected chi connectivity index (χ4v) is 6.13. The molecule has 3 nitrogen and oxygen atoms in total. The Labute approximate surface area is 201 Å². The van der Waals surface area contributed by atoms with Crippen LogP contribution in [0.5, 0.6) is 0 Å². The third-order valence-electron chi connectivity index (χ3n) is 8.60. The third-order valence-corrected chi connectivity index (χ3v) is 8.60. The molecule has 33 heavy (non-hydrogen) atoms. The molecule has 3 heteroatoms. The van der Waals surface area contributed by atoms with Gasteiger partial charge in [-0.2, -0.15) is 0 Å². The summed E-state index contributed by atoms with van der Waals surface area (Å²) in [5, 5.41) is 3.44. The van der Waals surface area contributed by atoms with Gasteiger partial charge in [0.05, 0.1) is 11.0 Å². The maximum Gasteiger partial charge on any atom is 0.227 e. The van der Waals surface area contributed by atoms with Gasteiger partial charge in [0.2, 0.25) is 5.91 Å². The molecule has 2 aliphatic rings. The first-order valence-electron chi connectivity index (χ1n) is 12.9. The van der Waals surface area contributed by atoms with E-state index in [9.17, 15) is 4.79 Å². The van der Waals surface area contributed by atoms with Crippen LogP contribution in [0.15, 0.2) is 54.6 Å². The summed E-state index contributed by atoms with van der Waals surface area (Å²) < 4.78 is 0. The van der Waals surface area contributed by atoms with Crippen molar-refractivity contribution < 1.29 is 4.79 Å². The van der Waals surface area contributed by atoms with Crippen LogP contribution in [-0.2, 0) is 10.3 Å². The summed E-state index contributed by atoms with van der Waals surface area (Å²) in [5.41, 5.74) is 3.34. The van der Waals surface area contributed by atoms with Crippen LogP contribution in [0.1, 0.15) is 82.4 Å². The standard InChI is InChI=1S/C30H42N2O/c1-22(2)30(28(33)31-29(4,5)26-9-7-6-8-10-26)18-15-27(21-30)32-19-16-25(17-20-32)24-13-11-23(3)12-14-24/h6-14,22,25,27H,15-21H2,1-5H3,(H,31,33). The number of hydrogen-bond acceptors (Lipinski definition) is 2. The first-order chi connectivity index (χ1) is 15.7. The predicted octanol–water partition coefficient (Wildman–Crippen LogP) is 6.42. The van der Waals surface area contributed by atoms with E-state index >= 15 is 0 Å². The Morgan fingerprint density at radius 3 is 2.24 bits per heavy atom. The number of amides is 1. The summed E-state index contributed by atoms with van der Waals surface area (Å²) in [6, 6.07) is 20.0. The van der Waals surface area contributed by atoms with Crippen LogP contribution >= 0.6 is 0 Å². The number of aryl methyl sites for hydroxylation is 1. The number of carbonyl (C=O) groups is 1. The van der Waals surface area contributed by atoms with Gasteiger partial charge in [-0.3, -0.25) is 4.79 Å². The van der Waals surface area contributed by atoms with Crippen LogP contribution in [0.3, 0.4) is 0 Å². The van der Waals surface area contributed by atoms with E-state index in [-0.39, 0.29) is 16.9 Å². The Bertz CT molecular complexity index is 926. The fraction of sp³-hybridized carbons (Fsp3) is 0.567. The molecule has 2 unspecified atom stereocenters. The van der Waals surface area contributed by atoms with Gasteiger partial charge < -0.3 is 10.2 Å². The van der Waals surface area contributed by atoms with E-state index < -0.39 is 0 Å². The largest absolute Gasteiger partial charge is 0.347 e. The van der Waals surface area contributed by atoms with Gasteiger partial charge >= 0.3 is 0 Å². The molecule has 1 saturated heterocycles. The van der Waals surface area contributed by atoms with Crippen LogP contribution in [0.4, 0.5) is 0 Å². The summed E-state index contributed by atoms with van der Waals surface area (Å²) >= 11 is 0. The summed E-state index contributed by atoms with van der Waals surface area (Å²) in [6.45, 7) is 13.2. The van der Waals surface area contributed by atoms with Gasteiger partial charge in [-0.1, -0.05) is 74.0 Å². The summed E-state index contributed by atoms with van der Waals surface area (Å²) in [5.74, 6) is 1.25. The van der Waals surface area contributed by atoms with E-state index in [1.165, 1.54) is 24.0 Å². The lowest BCUT2D eigenvalue weighted by molar-refractivity contribution is -0.135. The van der Waals surface area contributed by atoms with Crippen molar-refractivity contribution in [2.75, 3.05) is 13.1 Å². The van der Waals surface area contributed by atoms with E-state index in [0.29, 0.717) is 17.9 Å². The van der Waals surface area contributed by atoms with Crippen LogP contribution in [0.2, 0.25) is 0 Å². The van der Waals surface area contributed by atoms with Crippen molar-refractivity contribution in [3.05, 3.63) is 71.3 Å². The number of nitrogens with zero attached hydrogens (tertiary/aromatic N) is 1. The second-order valence-electron chi connectivity index (χ2n) is 11.4. The average Bonchev–Trinajstić information content (AvgIpc) is 3.27. The number of benzene rings is 2. The van der Waals surface area contributed by atoms with Crippen molar-refractivity contribution in [1.29, 1.82) is 0 Å². The molecule has 0 aromatic heterocycles. The molecule has 2 atom stereocenters. The highest BCUT2D eigenvalue weighted by Gasteiger charge is 2.50. The fourth-order valence-electron chi connectivity index (χ4n) is 6.13. The maximum absolute atomic E-state index is 13.8. The predicted molar refractivity (Wildman–Crippen MR) is 137 cm³/mol. The Balaban J connectivity index is 1.40. The first kappa shape index (κ1) is 24.0. The molecule has 1 heterocycles. The monoisotopic (exact) mass is 446 g/mol. The molecule has 0 spiro atoms. The second-order valence-corrected chi connectivity index (χ2v) is 11.4. The minimum absolute atomic E-state index is 0.239. The Hall–Kier alpha value is -2.13. The van der Waals surface area contributed by atoms with Crippen molar-refractivity contribution in [2.24, 2.45) is 11.3 Å². The van der Waals surface area contributed by atoms with Crippen molar-refractivity contribution in [2.45, 2.75) is 84.2 Å². The molecule has 2 fully saturated rings. The van der Waals surface area contributed by atoms with E-state index in [1.54, 1.807) is 0 Å². The second kappa shape index (κ2) is 9.62. The van der Waals surface area contributed by atoms with E-state index in [1.807, 2.05) is 18.2 Å². The molecule has 1 saturated carbocycles. The number of piperidine rings is 1. The lowest BCUT2D eigenvalue weighted by Crippen LogP contribution is -2.51. The van der Waals surface area contributed by atoms with Gasteiger partial charge in [-0.25, -0.2) is 0 Å². The molecule has 4 rings (SSSR count). The molecule has 0 radical (unpaired) electrons. The zero-order valence-electron chi connectivity index (χ0n) is 21.2. The van der Waals surface area contributed by atoms with Crippen LogP contribution < -0.4 is 5.32 Å². The molecule has 0 bridgehead atoms. The van der Waals surface area contributed by atoms with Crippen molar-refractivity contribution >= 4 is 5.91 Å². The summed E-state index contributed by atoms with van der Waals surface area (Å²) in [7, 11) is 0. The highest BCUT2D eigenvalue weighted by atomic mass is 16.2. The molecule has 1 N–H and O–H groups in total. The Kier molecular flexibility index (Phi) is 7.00. The maximum atomic E-state index is 13.8. The zero-order valence-corrected chi connectivity index (χ0v) is 21.2. The number of carbonyl (C=O) groups excluding carboxylic acids is 1. The van der Waals surface area contributed by atoms with Crippen molar-refractivity contribution in [3.8, 4) is 0 Å². The topological polar surface area (TPSA) is 32.3 Å². The average molecular weight is 447 g/mol. The lowest BCUT2D eigenvalue weighted by atomic mass is 9.73. The molecule has 178 valence electrons. The third kappa shape index (κ3) is 5.04. The van der Waals surface area contributed by atoms with Gasteiger partial charge in [0, 0.05) is 6.04 Å². The van der Waals surface area contributed by atoms with E-state index in [2.05, 4.69) is 81.2 Å². The van der Waals surface area contributed by atoms with Gasteiger partial charge in [0.1, 0.15) is 0 Å². The molecular formula is C30H42N2O. The van der Waals surface area contributed by atoms with Crippen molar-refractivity contribution in [3.63, 3.8) is 0 Å². The SMILES string of the molecule is Cc1ccc(C2CCN(C3CCC(C(=O)NC(C)(C)c4ccccc4)(C(C)C)C3)CC2)cc1. The van der Waals surface area contributed by atoms with Crippen LogP contribution in [-0.4, -0.2) is 29.9 Å². The van der Waals surface area contributed by atoms with Gasteiger partial charge in [-0.05, 0) is 88.9 Å². The lowest BCUT2D eigenvalue weighted by Gasteiger charge is -2.39. The Morgan fingerprint density at radius 1 is 1.00 bits per heavy atom. The minimum Gasteiger partial charge on any atom is -0.347 e. The van der Waals surface area contributed by atoms with Gasteiger partial charge in [-0.15, -0.1) is 0 Å². The first-order valence-corrected chi connectivity index (χ1v) is 12.9. The molecule has 1 aliphatic carbocycles. The normalized spacial score (nSPS) is 24.8. The quantitative estimate of drug-likeness (QED) is 0.555. The van der Waals surface area contributed by atoms with Crippen LogP contribution in [0, 0.1) is 18.3 Å². The van der Waals surface area contributed by atoms with Crippen LogP contribution in [0.25, 0.3) is 0 Å². The van der Waals surface area contributed by atoms with Gasteiger partial charge in [0.25, 0.3) is 0 Å². The number of hydrogen-bond donors (Lipinski definition) is 1. The molecule has 2 aromatic carbocycles. The Morgan fingerprint density at radius 2 is 1.64 bits per heavy atom. The molecule has 2 aromatic rings. The smallest absolute Gasteiger partial charge is 0.227 e. The molecule has 1 amide bonds. The highest BCUT2D eigenvalue weighted by Crippen LogP contribution is 2.47. The molecule has 1 aliphatic heterocycles. The van der Waals surface area contributed by atoms with Crippen molar-refractivity contribution in [1.82, 2.24) is 10.2 Å². The minimum atomic E-state index is -0.370.